The summed E-state index contributed by atoms with van der Waals surface area (Å²) in [5, 5.41) is 2.48. The normalized spacial score (nSPS) is 12.5. The maximum atomic E-state index is 2.46. The topological polar surface area (TPSA) is 8.17 Å². The van der Waals surface area contributed by atoms with Crippen LogP contribution in [0, 0.1) is 6.92 Å². The van der Waals surface area contributed by atoms with Gasteiger partial charge in [-0.3, -0.25) is 0 Å². The van der Waals surface area contributed by atoms with Crippen LogP contribution in [0.15, 0.2) is 273 Å². The van der Waals surface area contributed by atoms with Crippen molar-refractivity contribution in [3.63, 3.8) is 0 Å². The van der Waals surface area contributed by atoms with Gasteiger partial charge in [-0.05, 0) is 129 Å². The van der Waals surface area contributed by atoms with Crippen molar-refractivity contribution in [1.82, 2.24) is 4.57 Å². The van der Waals surface area contributed by atoms with E-state index in [0.29, 0.717) is 0 Å². The summed E-state index contributed by atoms with van der Waals surface area (Å²) in [6, 6.07) is 101. The molecule has 1 aliphatic carbocycles. The summed E-state index contributed by atoms with van der Waals surface area (Å²) in [7, 11) is 0. The minimum atomic E-state index is -0.518. The molecular weight excluding hydrogens is 845 g/mol. The van der Waals surface area contributed by atoms with Gasteiger partial charge >= 0.3 is 0 Å². The molecule has 0 saturated heterocycles. The molecule has 70 heavy (non-hydrogen) atoms. The molecule has 330 valence electrons. The first-order chi connectivity index (χ1) is 34.6. The Bertz CT molecular complexity index is 3830. The second-order valence-corrected chi connectivity index (χ2v) is 18.5. The fourth-order valence-electron chi connectivity index (χ4n) is 11.3. The van der Waals surface area contributed by atoms with E-state index in [0.717, 1.165) is 39.4 Å². The summed E-state index contributed by atoms with van der Waals surface area (Å²) < 4.78 is 2.42. The molecule has 0 saturated carbocycles. The fourth-order valence-corrected chi connectivity index (χ4v) is 11.3. The Hall–Kier alpha value is -8.98. The van der Waals surface area contributed by atoms with E-state index in [2.05, 4.69) is 289 Å². The molecule has 0 atom stereocenters. The number of aryl methyl sites for hydroxylation is 1. The summed E-state index contributed by atoms with van der Waals surface area (Å²) in [6.07, 6.45) is 0. The molecular formula is C68H48N2. The highest BCUT2D eigenvalue weighted by atomic mass is 15.1. The molecule has 12 aromatic rings. The molecule has 0 N–H and O–H groups in total. The van der Waals surface area contributed by atoms with Gasteiger partial charge in [-0.2, -0.15) is 0 Å². The molecule has 1 heterocycles. The summed E-state index contributed by atoms with van der Waals surface area (Å²) in [5.74, 6) is 0. The summed E-state index contributed by atoms with van der Waals surface area (Å²) >= 11 is 0. The molecule has 0 unspecified atom stereocenters. The number of benzene rings is 11. The first-order valence-electron chi connectivity index (χ1n) is 24.2. The molecule has 0 fully saturated rings. The van der Waals surface area contributed by atoms with Crippen molar-refractivity contribution in [2.45, 2.75) is 12.3 Å². The molecule has 1 aromatic heterocycles. The van der Waals surface area contributed by atoms with Crippen LogP contribution >= 0.6 is 0 Å². The summed E-state index contributed by atoms with van der Waals surface area (Å²) in [6.45, 7) is 2.16. The van der Waals surface area contributed by atoms with E-state index >= 15 is 0 Å². The van der Waals surface area contributed by atoms with E-state index in [1.807, 2.05) is 0 Å². The lowest BCUT2D eigenvalue weighted by molar-refractivity contribution is 0.768. The number of hydrogen-bond acceptors (Lipinski definition) is 1. The van der Waals surface area contributed by atoms with Crippen molar-refractivity contribution in [2.75, 3.05) is 4.90 Å². The zero-order valence-electron chi connectivity index (χ0n) is 38.9. The standard InChI is InChI=1S/C68H48N2/c1-47-32-37-55(38-33-47)69(57-41-43-60-59-27-11-14-29-63(59)68(64(60)46-57,53-22-7-3-8-23-53)54-24-9-4-10-25-54)65-30-15-12-26-58(65)52-21-17-20-50(44-52)51-36-42-62-61-28-13-16-31-66(61)70(67(62)45-51)56-39-34-49(35-40-56)48-18-5-2-6-19-48/h2-46H,1H3. The second-order valence-electron chi connectivity index (χ2n) is 18.5. The highest BCUT2D eigenvalue weighted by Gasteiger charge is 2.46. The van der Waals surface area contributed by atoms with E-state index in [1.54, 1.807) is 0 Å². The van der Waals surface area contributed by atoms with Gasteiger partial charge in [-0.15, -0.1) is 0 Å². The number of anilines is 3. The lowest BCUT2D eigenvalue weighted by Crippen LogP contribution is -2.28. The third kappa shape index (κ3) is 6.71. The van der Waals surface area contributed by atoms with Crippen molar-refractivity contribution < 1.29 is 0 Å². The number of para-hydroxylation sites is 2. The molecule has 0 aliphatic heterocycles. The number of hydrogen-bond donors (Lipinski definition) is 0. The Labute approximate surface area is 409 Å². The lowest BCUT2D eigenvalue weighted by Gasteiger charge is -2.35. The molecule has 13 rings (SSSR count). The molecule has 2 heteroatoms. The van der Waals surface area contributed by atoms with Gasteiger partial charge in [0.1, 0.15) is 0 Å². The van der Waals surface area contributed by atoms with Gasteiger partial charge in [0, 0.05) is 33.4 Å². The Balaban J connectivity index is 0.955. The van der Waals surface area contributed by atoms with Crippen LogP contribution in [-0.2, 0) is 5.41 Å². The highest BCUT2D eigenvalue weighted by molar-refractivity contribution is 6.10. The largest absolute Gasteiger partial charge is 0.310 e. The van der Waals surface area contributed by atoms with Crippen LogP contribution in [0.2, 0.25) is 0 Å². The van der Waals surface area contributed by atoms with E-state index in [-0.39, 0.29) is 0 Å². The average molecular weight is 893 g/mol. The second kappa shape index (κ2) is 17.0. The molecule has 0 bridgehead atoms. The number of aromatic nitrogens is 1. The smallest absolute Gasteiger partial charge is 0.0714 e. The predicted molar refractivity (Wildman–Crippen MR) is 294 cm³/mol. The van der Waals surface area contributed by atoms with Crippen LogP contribution in [0.25, 0.3) is 72.0 Å². The van der Waals surface area contributed by atoms with Gasteiger partial charge in [-0.25, -0.2) is 0 Å². The lowest BCUT2D eigenvalue weighted by atomic mass is 9.67. The predicted octanol–water partition coefficient (Wildman–Crippen LogP) is 17.9. The summed E-state index contributed by atoms with van der Waals surface area (Å²) in [4.78, 5) is 2.46. The van der Waals surface area contributed by atoms with Crippen LogP contribution in [0.3, 0.4) is 0 Å². The van der Waals surface area contributed by atoms with Crippen LogP contribution in [0.1, 0.15) is 27.8 Å². The monoisotopic (exact) mass is 892 g/mol. The molecule has 0 spiro atoms. The van der Waals surface area contributed by atoms with Crippen molar-refractivity contribution in [3.8, 4) is 50.2 Å². The number of rotatable bonds is 9. The highest BCUT2D eigenvalue weighted by Crippen LogP contribution is 2.57. The number of fused-ring (bicyclic) bond motifs is 6. The maximum absolute atomic E-state index is 2.46. The van der Waals surface area contributed by atoms with Gasteiger partial charge in [0.25, 0.3) is 0 Å². The molecule has 1 aliphatic rings. The van der Waals surface area contributed by atoms with Gasteiger partial charge < -0.3 is 9.47 Å². The van der Waals surface area contributed by atoms with E-state index in [4.69, 9.17) is 0 Å². The van der Waals surface area contributed by atoms with Gasteiger partial charge in [0.2, 0.25) is 0 Å². The summed E-state index contributed by atoms with van der Waals surface area (Å²) in [5.41, 5.74) is 22.2. The van der Waals surface area contributed by atoms with E-state index < -0.39 is 5.41 Å². The van der Waals surface area contributed by atoms with E-state index in [1.165, 1.54) is 77.4 Å². The maximum Gasteiger partial charge on any atom is 0.0714 e. The minimum Gasteiger partial charge on any atom is -0.310 e. The molecule has 11 aromatic carbocycles. The Morgan fingerprint density at radius 2 is 0.871 bits per heavy atom. The molecule has 0 radical (unpaired) electrons. The van der Waals surface area contributed by atoms with Crippen molar-refractivity contribution in [3.05, 3.63) is 301 Å². The van der Waals surface area contributed by atoms with Crippen LogP contribution in [-0.4, -0.2) is 4.57 Å². The zero-order chi connectivity index (χ0) is 46.6. The minimum absolute atomic E-state index is 0.518. The molecule has 0 amide bonds. The quantitative estimate of drug-likeness (QED) is 0.140. The first-order valence-corrected chi connectivity index (χ1v) is 24.2. The molecule has 2 nitrogen and oxygen atoms in total. The average Bonchev–Trinajstić information content (AvgIpc) is 3.93. The Morgan fingerprint density at radius 1 is 0.329 bits per heavy atom. The van der Waals surface area contributed by atoms with Crippen molar-refractivity contribution >= 4 is 38.9 Å². The first kappa shape index (κ1) is 41.2. The Kier molecular flexibility index (Phi) is 9.99. The fraction of sp³-hybridized carbons (Fsp3) is 0.0294. The third-order valence-electron chi connectivity index (χ3n) is 14.6. The van der Waals surface area contributed by atoms with Gasteiger partial charge in [0.05, 0.1) is 22.1 Å². The van der Waals surface area contributed by atoms with Gasteiger partial charge in [0.15, 0.2) is 0 Å². The van der Waals surface area contributed by atoms with Crippen LogP contribution in [0.4, 0.5) is 17.1 Å². The van der Waals surface area contributed by atoms with Crippen molar-refractivity contribution in [1.29, 1.82) is 0 Å². The van der Waals surface area contributed by atoms with E-state index in [9.17, 15) is 0 Å². The Morgan fingerprint density at radius 3 is 1.63 bits per heavy atom. The zero-order valence-corrected chi connectivity index (χ0v) is 38.9. The van der Waals surface area contributed by atoms with Crippen molar-refractivity contribution in [2.24, 2.45) is 0 Å². The van der Waals surface area contributed by atoms with Crippen LogP contribution in [0.5, 0.6) is 0 Å². The third-order valence-corrected chi connectivity index (χ3v) is 14.6. The van der Waals surface area contributed by atoms with Gasteiger partial charge in [-0.1, -0.05) is 218 Å². The van der Waals surface area contributed by atoms with Crippen LogP contribution < -0.4 is 4.90 Å². The SMILES string of the molecule is Cc1ccc(N(c2ccc3c(c2)C(c2ccccc2)(c2ccccc2)c2ccccc2-3)c2ccccc2-c2cccc(-c3ccc4c5ccccc5n(-c5ccc(-c6ccccc6)cc5)c4c3)c2)cc1. The number of nitrogens with zero attached hydrogens (tertiary/aromatic N) is 2.